The van der Waals surface area contributed by atoms with E-state index >= 15 is 0 Å². The molecule has 0 aromatic heterocycles. The molecule has 0 unspecified atom stereocenters. The lowest BCUT2D eigenvalue weighted by Gasteiger charge is -2.48. The molecule has 2 heterocycles. The highest BCUT2D eigenvalue weighted by atomic mass is 16.7. The van der Waals surface area contributed by atoms with Crippen LogP contribution >= 0.6 is 0 Å². The van der Waals surface area contributed by atoms with E-state index in [0.29, 0.717) is 6.42 Å². The minimum atomic E-state index is -1.83. The number of ketones is 1. The van der Waals surface area contributed by atoms with Crippen molar-refractivity contribution >= 4 is 35.6 Å². The number of aliphatic hydroxyl groups is 1. The van der Waals surface area contributed by atoms with E-state index in [-0.39, 0.29) is 25.0 Å². The van der Waals surface area contributed by atoms with Crippen LogP contribution in [0.5, 0.6) is 0 Å². The van der Waals surface area contributed by atoms with Gasteiger partial charge >= 0.3 is 29.8 Å². The second-order valence-corrected chi connectivity index (χ2v) is 15.2. The number of hydrogen-bond donors (Lipinski definition) is 1. The van der Waals surface area contributed by atoms with Crippen LogP contribution in [-0.4, -0.2) is 120 Å². The first kappa shape index (κ1) is 45.0. The zero-order chi connectivity index (χ0) is 40.0. The molecular formula is C37H61NO14. The van der Waals surface area contributed by atoms with Crippen molar-refractivity contribution in [2.24, 2.45) is 23.7 Å². The molecule has 0 aliphatic carbocycles. The number of carbonyl (C=O) groups is 6. The molecule has 15 heteroatoms. The Morgan fingerprint density at radius 1 is 0.846 bits per heavy atom. The van der Waals surface area contributed by atoms with Gasteiger partial charge < -0.3 is 43.2 Å². The smallest absolute Gasteiger partial charge is 0.311 e. The van der Waals surface area contributed by atoms with Crippen molar-refractivity contribution in [3.8, 4) is 0 Å². The number of aliphatic hydroxyl groups excluding tert-OH is 1. The maximum Gasteiger partial charge on any atom is 0.311 e. The normalized spacial score (nSPS) is 39.5. The van der Waals surface area contributed by atoms with Crippen molar-refractivity contribution in [2.75, 3.05) is 14.1 Å². The molecule has 2 fully saturated rings. The van der Waals surface area contributed by atoms with E-state index in [4.69, 9.17) is 33.2 Å². The standard InChI is InChI=1S/C37H61NO14/c1-15-28-37(12,52-26(10)42)33(48-24(8)40)20(4)29(43)18(2)17-36(11,51-25(9)41)32(21(5)30(44)22(6)34(45)49-28)50-35-31(47-23(7)39)27(38(13)14)16-19(3)46-35/h18-22,27-28,30-33,35,44H,15-17H2,1-14H3/t18-,19-,20+,21+,22-,27+,28-,30+,31-,32-,33-,35+,36-,37-/m1/s1. The molecule has 0 aromatic carbocycles. The van der Waals surface area contributed by atoms with Crippen LogP contribution in [0.25, 0.3) is 0 Å². The van der Waals surface area contributed by atoms with E-state index in [9.17, 15) is 33.9 Å². The first-order chi connectivity index (χ1) is 23.9. The van der Waals surface area contributed by atoms with Crippen molar-refractivity contribution in [3.05, 3.63) is 0 Å². The summed E-state index contributed by atoms with van der Waals surface area (Å²) in [5.41, 5.74) is -3.50. The van der Waals surface area contributed by atoms with Crippen LogP contribution in [0.1, 0.15) is 102 Å². The van der Waals surface area contributed by atoms with Gasteiger partial charge in [0.2, 0.25) is 0 Å². The number of Topliss-reactive ketones (excluding diaryl/α,β-unsaturated/α-hetero) is 1. The Morgan fingerprint density at radius 2 is 1.40 bits per heavy atom. The molecule has 0 bridgehead atoms. The van der Waals surface area contributed by atoms with Gasteiger partial charge in [-0.05, 0) is 61.1 Å². The average Bonchev–Trinajstić information content (AvgIpc) is 3.02. The maximum absolute atomic E-state index is 14.4. The summed E-state index contributed by atoms with van der Waals surface area (Å²) >= 11 is 0. The molecule has 0 saturated carbocycles. The molecule has 0 amide bonds. The number of carbonyl (C=O) groups excluding carboxylic acids is 6. The number of cyclic esters (lactones) is 1. The van der Waals surface area contributed by atoms with E-state index in [1.54, 1.807) is 27.7 Å². The van der Waals surface area contributed by atoms with Crippen LogP contribution in [0.3, 0.4) is 0 Å². The van der Waals surface area contributed by atoms with Crippen LogP contribution in [-0.2, 0) is 61.9 Å². The number of hydrogen-bond acceptors (Lipinski definition) is 15. The largest absolute Gasteiger partial charge is 0.458 e. The fourth-order valence-electron chi connectivity index (χ4n) is 7.91. The molecular weight excluding hydrogens is 682 g/mol. The molecule has 14 atom stereocenters. The summed E-state index contributed by atoms with van der Waals surface area (Å²) in [4.78, 5) is 80.3. The summed E-state index contributed by atoms with van der Waals surface area (Å²) in [7, 11) is 3.65. The van der Waals surface area contributed by atoms with Gasteiger partial charge in [0.15, 0.2) is 24.1 Å². The van der Waals surface area contributed by atoms with Gasteiger partial charge in [-0.25, -0.2) is 0 Å². The van der Waals surface area contributed by atoms with Gasteiger partial charge in [0.25, 0.3) is 0 Å². The Balaban J connectivity index is 2.88. The highest BCUT2D eigenvalue weighted by molar-refractivity contribution is 5.84. The lowest BCUT2D eigenvalue weighted by atomic mass is 9.73. The van der Waals surface area contributed by atoms with Crippen LogP contribution in [0, 0.1) is 23.7 Å². The van der Waals surface area contributed by atoms with Crippen LogP contribution in [0.15, 0.2) is 0 Å². The van der Waals surface area contributed by atoms with Crippen molar-refractivity contribution < 1.29 is 67.0 Å². The van der Waals surface area contributed by atoms with Crippen molar-refractivity contribution in [2.45, 2.75) is 163 Å². The number of rotatable bonds is 8. The topological polar surface area (TPSA) is 190 Å². The fraction of sp³-hybridized carbons (Fsp3) is 0.838. The van der Waals surface area contributed by atoms with E-state index in [0.717, 1.165) is 13.8 Å². The molecule has 1 N–H and O–H groups in total. The first-order valence-electron chi connectivity index (χ1n) is 18.0. The Labute approximate surface area is 307 Å². The Hall–Kier alpha value is -3.14. The zero-order valence-corrected chi connectivity index (χ0v) is 33.3. The van der Waals surface area contributed by atoms with Gasteiger partial charge in [-0.3, -0.25) is 28.8 Å². The predicted octanol–water partition coefficient (Wildman–Crippen LogP) is 3.14. The highest BCUT2D eigenvalue weighted by Crippen LogP contribution is 2.41. The molecule has 2 aliphatic rings. The van der Waals surface area contributed by atoms with E-state index < -0.39 is 107 Å². The molecule has 2 saturated heterocycles. The molecule has 52 heavy (non-hydrogen) atoms. The molecule has 0 spiro atoms. The third-order valence-electron chi connectivity index (χ3n) is 10.3. The predicted molar refractivity (Wildman–Crippen MR) is 185 cm³/mol. The van der Waals surface area contributed by atoms with Gasteiger partial charge in [0.05, 0.1) is 30.1 Å². The number of esters is 5. The minimum Gasteiger partial charge on any atom is -0.458 e. The third-order valence-corrected chi connectivity index (χ3v) is 10.3. The SMILES string of the molecule is CC[C@H]1OC(=O)[C@H](C)[C@@H](O)[C@H](C)[C@@H](O[C@@H]2O[C@H](C)C[C@H](N(C)C)[C@H]2OC(C)=O)[C@](C)(OC(C)=O)C[C@@H](C)C(=O)[C@H](C)[C@@H](OC(C)=O)[C@]1(C)OC(C)=O. The second-order valence-electron chi connectivity index (χ2n) is 15.2. The van der Waals surface area contributed by atoms with Gasteiger partial charge in [0, 0.05) is 39.5 Å². The summed E-state index contributed by atoms with van der Waals surface area (Å²) in [6.45, 7) is 17.4. The minimum absolute atomic E-state index is 0.0835. The number of ether oxygens (including phenoxy) is 7. The quantitative estimate of drug-likeness (QED) is 0.282. The van der Waals surface area contributed by atoms with E-state index in [1.165, 1.54) is 34.6 Å². The van der Waals surface area contributed by atoms with Crippen molar-refractivity contribution in [1.29, 1.82) is 0 Å². The first-order valence-corrected chi connectivity index (χ1v) is 18.0. The molecule has 2 aliphatic heterocycles. The number of likely N-dealkylation sites (N-methyl/N-ethyl adjacent to an activating group) is 1. The van der Waals surface area contributed by atoms with Gasteiger partial charge in [-0.15, -0.1) is 0 Å². The fourth-order valence-corrected chi connectivity index (χ4v) is 7.91. The Morgan fingerprint density at radius 3 is 1.88 bits per heavy atom. The summed E-state index contributed by atoms with van der Waals surface area (Å²) in [6.07, 6.45) is -7.51. The Kier molecular flexibility index (Phi) is 15.8. The molecule has 0 radical (unpaired) electrons. The molecule has 0 aromatic rings. The van der Waals surface area contributed by atoms with E-state index in [1.807, 2.05) is 25.9 Å². The molecule has 298 valence electrons. The molecule has 15 nitrogen and oxygen atoms in total. The zero-order valence-electron chi connectivity index (χ0n) is 33.3. The van der Waals surface area contributed by atoms with Gasteiger partial charge in [-0.1, -0.05) is 27.7 Å². The van der Waals surface area contributed by atoms with Crippen LogP contribution in [0.2, 0.25) is 0 Å². The average molecular weight is 744 g/mol. The Bertz CT molecular complexity index is 1300. The lowest BCUT2D eigenvalue weighted by molar-refractivity contribution is -0.302. The summed E-state index contributed by atoms with van der Waals surface area (Å²) in [5.74, 6) is -8.43. The maximum atomic E-state index is 14.4. The van der Waals surface area contributed by atoms with Crippen molar-refractivity contribution in [3.63, 3.8) is 0 Å². The van der Waals surface area contributed by atoms with Gasteiger partial charge in [-0.2, -0.15) is 0 Å². The van der Waals surface area contributed by atoms with Crippen LogP contribution < -0.4 is 0 Å². The second kappa shape index (κ2) is 18.3. The number of nitrogens with zero attached hydrogens (tertiary/aromatic N) is 1. The monoisotopic (exact) mass is 743 g/mol. The van der Waals surface area contributed by atoms with E-state index in [2.05, 4.69) is 0 Å². The van der Waals surface area contributed by atoms with Gasteiger partial charge in [0.1, 0.15) is 23.6 Å². The highest BCUT2D eigenvalue weighted by Gasteiger charge is 2.56. The molecule has 2 rings (SSSR count). The van der Waals surface area contributed by atoms with Crippen LogP contribution in [0.4, 0.5) is 0 Å². The van der Waals surface area contributed by atoms with Crippen molar-refractivity contribution in [1.82, 2.24) is 4.90 Å². The lowest BCUT2D eigenvalue weighted by Crippen LogP contribution is -2.62. The summed E-state index contributed by atoms with van der Waals surface area (Å²) in [6, 6.07) is -0.345. The summed E-state index contributed by atoms with van der Waals surface area (Å²) in [5, 5.41) is 11.9. The summed E-state index contributed by atoms with van der Waals surface area (Å²) < 4.78 is 42.0. The third kappa shape index (κ3) is 10.7.